The fourth-order valence-corrected chi connectivity index (χ4v) is 4.84. The van der Waals surface area contributed by atoms with Crippen LogP contribution in [0, 0.1) is 6.92 Å². The highest BCUT2D eigenvalue weighted by molar-refractivity contribution is 6.01. The lowest BCUT2D eigenvalue weighted by Gasteiger charge is -2.27. The Kier molecular flexibility index (Phi) is 4.48. The molecule has 0 unspecified atom stereocenters. The Morgan fingerprint density at radius 2 is 1.65 bits per heavy atom. The zero-order valence-corrected chi connectivity index (χ0v) is 18.2. The first-order valence-corrected chi connectivity index (χ1v) is 10.9. The van der Waals surface area contributed by atoms with E-state index in [0.29, 0.717) is 44.4 Å². The molecule has 1 atom stereocenters. The Bertz CT molecular complexity index is 1730. The normalized spacial score (nSPS) is 15.3. The lowest BCUT2D eigenvalue weighted by molar-refractivity contribution is -0.135. The lowest BCUT2D eigenvalue weighted by atomic mass is 9.82. The third-order valence-electron chi connectivity index (χ3n) is 6.33. The van der Waals surface area contributed by atoms with Crippen LogP contribution in [0.3, 0.4) is 0 Å². The molecule has 0 saturated heterocycles. The summed E-state index contributed by atoms with van der Waals surface area (Å²) in [6, 6.07) is 19.5. The van der Waals surface area contributed by atoms with E-state index >= 15 is 0 Å². The van der Waals surface area contributed by atoms with Crippen molar-refractivity contribution in [1.82, 2.24) is 0 Å². The Labute approximate surface area is 193 Å². The molecule has 5 aromatic rings. The van der Waals surface area contributed by atoms with Crippen molar-refractivity contribution in [2.45, 2.75) is 19.3 Å². The minimum atomic E-state index is -0.558. The van der Waals surface area contributed by atoms with Gasteiger partial charge in [0.1, 0.15) is 16.9 Å². The van der Waals surface area contributed by atoms with Crippen molar-refractivity contribution in [1.29, 1.82) is 0 Å². The van der Waals surface area contributed by atoms with Crippen molar-refractivity contribution < 1.29 is 18.4 Å². The monoisotopic (exact) mass is 450 g/mol. The topological polar surface area (TPSA) is 86.7 Å². The second-order valence-electron chi connectivity index (χ2n) is 8.40. The molecular formula is C28H18O6. The third kappa shape index (κ3) is 3.07. The summed E-state index contributed by atoms with van der Waals surface area (Å²) in [5.41, 5.74) is 3.35. The Morgan fingerprint density at radius 3 is 2.47 bits per heavy atom. The van der Waals surface area contributed by atoms with Crippen molar-refractivity contribution in [2.24, 2.45) is 0 Å². The van der Waals surface area contributed by atoms with Gasteiger partial charge in [-0.1, -0.05) is 42.5 Å². The molecule has 6 rings (SSSR count). The highest BCUT2D eigenvalue weighted by atomic mass is 16.5. The number of carbonyl (C=O) groups is 1. The van der Waals surface area contributed by atoms with Gasteiger partial charge in [-0.25, -0.2) is 4.79 Å². The van der Waals surface area contributed by atoms with Crippen LogP contribution in [-0.4, -0.2) is 5.97 Å². The number of aryl methyl sites for hydroxylation is 1. The van der Waals surface area contributed by atoms with Gasteiger partial charge in [-0.3, -0.25) is 9.59 Å². The van der Waals surface area contributed by atoms with Gasteiger partial charge in [-0.2, -0.15) is 0 Å². The highest BCUT2D eigenvalue weighted by Crippen LogP contribution is 2.46. The van der Waals surface area contributed by atoms with Crippen LogP contribution in [0.5, 0.6) is 5.75 Å². The van der Waals surface area contributed by atoms with Gasteiger partial charge in [0.2, 0.25) is 0 Å². The number of para-hydroxylation sites is 1. The number of rotatable bonds is 2. The summed E-state index contributed by atoms with van der Waals surface area (Å²) in [4.78, 5) is 38.5. The first kappa shape index (κ1) is 20.2. The maximum Gasteiger partial charge on any atom is 0.336 e. The van der Waals surface area contributed by atoms with E-state index < -0.39 is 17.5 Å². The molecule has 6 heteroatoms. The van der Waals surface area contributed by atoms with Gasteiger partial charge < -0.3 is 13.6 Å². The van der Waals surface area contributed by atoms with Gasteiger partial charge in [0.15, 0.2) is 5.43 Å². The predicted molar refractivity (Wildman–Crippen MR) is 127 cm³/mol. The third-order valence-corrected chi connectivity index (χ3v) is 6.33. The number of hydrogen-bond donors (Lipinski definition) is 0. The zero-order valence-electron chi connectivity index (χ0n) is 18.2. The molecular weight excluding hydrogens is 432 g/mol. The minimum Gasteiger partial charge on any atom is -0.464 e. The van der Waals surface area contributed by atoms with Gasteiger partial charge in [-0.15, -0.1) is 0 Å². The minimum absolute atomic E-state index is 0.0001000. The molecule has 0 spiro atoms. The van der Waals surface area contributed by atoms with Crippen LogP contribution in [0.2, 0.25) is 0 Å². The molecule has 0 N–H and O–H groups in total. The van der Waals surface area contributed by atoms with E-state index in [-0.39, 0.29) is 11.8 Å². The van der Waals surface area contributed by atoms with Crippen LogP contribution in [0.15, 0.2) is 91.4 Å². The molecule has 1 aliphatic rings. The molecule has 0 fully saturated rings. The van der Waals surface area contributed by atoms with E-state index in [1.54, 1.807) is 30.3 Å². The molecule has 1 aliphatic heterocycles. The first-order chi connectivity index (χ1) is 16.5. The first-order valence-electron chi connectivity index (χ1n) is 10.9. The summed E-state index contributed by atoms with van der Waals surface area (Å²) in [5.74, 6) is -0.717. The number of fused-ring (bicyclic) bond motifs is 4. The van der Waals surface area contributed by atoms with Crippen LogP contribution in [-0.2, 0) is 4.79 Å². The largest absolute Gasteiger partial charge is 0.464 e. The molecule has 0 amide bonds. The van der Waals surface area contributed by atoms with Crippen LogP contribution in [0.1, 0.15) is 29.0 Å². The Balaban J connectivity index is 1.68. The molecule has 0 bridgehead atoms. The van der Waals surface area contributed by atoms with Gasteiger partial charge in [0.25, 0.3) is 0 Å². The van der Waals surface area contributed by atoms with Crippen molar-refractivity contribution >= 4 is 27.9 Å². The quantitative estimate of drug-likeness (QED) is 0.206. The summed E-state index contributed by atoms with van der Waals surface area (Å²) in [7, 11) is 0. The fourth-order valence-electron chi connectivity index (χ4n) is 4.84. The van der Waals surface area contributed by atoms with Crippen molar-refractivity contribution in [3.05, 3.63) is 110 Å². The molecule has 166 valence electrons. The van der Waals surface area contributed by atoms with Crippen LogP contribution >= 0.6 is 0 Å². The molecule has 3 heterocycles. The fraction of sp³-hybridized carbons (Fsp3) is 0.107. The van der Waals surface area contributed by atoms with Crippen LogP contribution < -0.4 is 15.8 Å². The van der Waals surface area contributed by atoms with Gasteiger partial charge in [0.05, 0.1) is 23.5 Å². The summed E-state index contributed by atoms with van der Waals surface area (Å²) < 4.78 is 17.0. The van der Waals surface area contributed by atoms with Crippen molar-refractivity contribution in [2.75, 3.05) is 0 Å². The van der Waals surface area contributed by atoms with Crippen molar-refractivity contribution in [3.63, 3.8) is 0 Å². The van der Waals surface area contributed by atoms with Gasteiger partial charge >= 0.3 is 11.6 Å². The summed E-state index contributed by atoms with van der Waals surface area (Å²) in [5, 5.41) is 0.976. The maximum absolute atomic E-state index is 13.4. The van der Waals surface area contributed by atoms with Crippen molar-refractivity contribution in [3.8, 4) is 16.9 Å². The molecule has 3 aromatic carbocycles. The molecule has 0 saturated carbocycles. The molecule has 6 nitrogen and oxygen atoms in total. The SMILES string of the molecule is Cc1cc2oc(=O)cc(-c3ccccc3)c2c2c1[C@H](c1coc3ccccc3c1=O)CC(=O)O2. The average Bonchev–Trinajstić information content (AvgIpc) is 2.84. The summed E-state index contributed by atoms with van der Waals surface area (Å²) >= 11 is 0. The molecule has 2 aromatic heterocycles. The summed E-state index contributed by atoms with van der Waals surface area (Å²) in [6.45, 7) is 1.85. The van der Waals surface area contributed by atoms with Crippen LogP contribution in [0.25, 0.3) is 33.1 Å². The number of esters is 1. The van der Waals surface area contributed by atoms with E-state index in [4.69, 9.17) is 13.6 Å². The lowest BCUT2D eigenvalue weighted by Crippen LogP contribution is -2.26. The molecule has 0 aliphatic carbocycles. The average molecular weight is 450 g/mol. The van der Waals surface area contributed by atoms with Gasteiger partial charge in [-0.05, 0) is 36.2 Å². The number of benzene rings is 3. The Hall–Kier alpha value is -4.45. The predicted octanol–water partition coefficient (Wildman–Crippen LogP) is 5.32. The summed E-state index contributed by atoms with van der Waals surface area (Å²) in [6.07, 6.45) is 1.43. The molecule has 34 heavy (non-hydrogen) atoms. The van der Waals surface area contributed by atoms with E-state index in [0.717, 1.165) is 11.1 Å². The van der Waals surface area contributed by atoms with E-state index in [9.17, 15) is 14.4 Å². The molecule has 0 radical (unpaired) electrons. The smallest absolute Gasteiger partial charge is 0.336 e. The van der Waals surface area contributed by atoms with Gasteiger partial charge in [0, 0.05) is 28.7 Å². The van der Waals surface area contributed by atoms with Crippen LogP contribution in [0.4, 0.5) is 0 Å². The second-order valence-corrected chi connectivity index (χ2v) is 8.40. The standard InChI is InChI=1S/C28H18O6/c1-15-11-22-26(18(12-23(29)33-22)16-7-3-2-4-8-16)28-25(15)19(13-24(30)34-28)20-14-32-21-10-6-5-9-17(21)27(20)31/h2-12,14,19H,13H2,1H3/t19-/m0/s1. The van der Waals surface area contributed by atoms with E-state index in [2.05, 4.69) is 0 Å². The number of carbonyl (C=O) groups excluding carboxylic acids is 1. The maximum atomic E-state index is 13.4. The number of hydrogen-bond acceptors (Lipinski definition) is 6. The highest BCUT2D eigenvalue weighted by Gasteiger charge is 2.35. The number of ether oxygens (including phenoxy) is 1. The Morgan fingerprint density at radius 1 is 0.882 bits per heavy atom. The van der Waals surface area contributed by atoms with E-state index in [1.165, 1.54) is 12.3 Å². The zero-order chi connectivity index (χ0) is 23.4. The second kappa shape index (κ2) is 7.56. The van der Waals surface area contributed by atoms with E-state index in [1.807, 2.05) is 37.3 Å².